The molecule has 2 aromatic rings. The Morgan fingerprint density at radius 3 is 2.94 bits per heavy atom. The molecule has 0 aliphatic carbocycles. The predicted octanol–water partition coefficient (Wildman–Crippen LogP) is 2.17. The Morgan fingerprint density at radius 2 is 2.31 bits per heavy atom. The first-order valence-corrected chi connectivity index (χ1v) is 5.75. The van der Waals surface area contributed by atoms with E-state index in [0.717, 1.165) is 15.9 Å². The van der Waals surface area contributed by atoms with Crippen molar-refractivity contribution in [3.8, 4) is 0 Å². The molecule has 2 aromatic heterocycles. The van der Waals surface area contributed by atoms with E-state index in [1.54, 1.807) is 10.9 Å². The molecule has 86 valence electrons. The molecule has 6 heteroatoms. The minimum Gasteiger partial charge on any atom is -0.270 e. The molecule has 2 rings (SSSR count). The van der Waals surface area contributed by atoms with Crippen molar-refractivity contribution >= 4 is 15.9 Å². The van der Waals surface area contributed by atoms with Crippen LogP contribution in [-0.4, -0.2) is 26.2 Å². The van der Waals surface area contributed by atoms with Gasteiger partial charge in [0.2, 0.25) is 0 Å². The number of rotatable bonds is 4. The summed E-state index contributed by atoms with van der Waals surface area (Å²) in [6, 6.07) is 1.95. The number of hydrogen-bond acceptors (Lipinski definition) is 2. The van der Waals surface area contributed by atoms with Crippen LogP contribution in [-0.2, 0) is 13.1 Å². The summed E-state index contributed by atoms with van der Waals surface area (Å²) < 4.78 is 16.5. The molecule has 0 bridgehead atoms. The van der Waals surface area contributed by atoms with Crippen molar-refractivity contribution in [3.63, 3.8) is 0 Å². The summed E-state index contributed by atoms with van der Waals surface area (Å²) in [5.41, 5.74) is 1.97. The number of alkyl halides is 1. The quantitative estimate of drug-likeness (QED) is 0.864. The Bertz CT molecular complexity index is 477. The van der Waals surface area contributed by atoms with Crippen LogP contribution in [0.3, 0.4) is 0 Å². The molecule has 4 nitrogen and oxygen atoms in total. The van der Waals surface area contributed by atoms with Gasteiger partial charge >= 0.3 is 0 Å². The number of nitrogens with zero attached hydrogens (tertiary/aromatic N) is 4. The van der Waals surface area contributed by atoms with Crippen LogP contribution in [0.1, 0.15) is 11.3 Å². The highest BCUT2D eigenvalue weighted by Gasteiger charge is 2.05. The number of aromatic nitrogens is 4. The lowest BCUT2D eigenvalue weighted by Crippen LogP contribution is -2.02. The van der Waals surface area contributed by atoms with E-state index in [0.29, 0.717) is 13.1 Å². The van der Waals surface area contributed by atoms with Crippen molar-refractivity contribution in [3.05, 3.63) is 34.3 Å². The van der Waals surface area contributed by atoms with Crippen molar-refractivity contribution in [2.75, 3.05) is 6.67 Å². The lowest BCUT2D eigenvalue weighted by molar-refractivity contribution is 0.427. The molecule has 2 heterocycles. The van der Waals surface area contributed by atoms with E-state index in [1.165, 1.54) is 0 Å². The topological polar surface area (TPSA) is 35.6 Å². The Hall–Kier alpha value is -1.17. The normalized spacial score (nSPS) is 10.9. The summed E-state index contributed by atoms with van der Waals surface area (Å²) in [4.78, 5) is 0. The molecule has 0 spiro atoms. The Morgan fingerprint density at radius 1 is 1.50 bits per heavy atom. The fourth-order valence-corrected chi connectivity index (χ4v) is 2.03. The van der Waals surface area contributed by atoms with Crippen molar-refractivity contribution in [1.29, 1.82) is 0 Å². The van der Waals surface area contributed by atoms with Gasteiger partial charge < -0.3 is 0 Å². The average molecular weight is 287 g/mol. The van der Waals surface area contributed by atoms with E-state index >= 15 is 0 Å². The van der Waals surface area contributed by atoms with Gasteiger partial charge in [-0.05, 0) is 28.9 Å². The van der Waals surface area contributed by atoms with Gasteiger partial charge in [-0.15, -0.1) is 0 Å². The maximum absolute atomic E-state index is 12.1. The Balaban J connectivity index is 2.11. The van der Waals surface area contributed by atoms with E-state index in [4.69, 9.17) is 0 Å². The van der Waals surface area contributed by atoms with Gasteiger partial charge in [0.1, 0.15) is 11.3 Å². The molecule has 0 aliphatic rings. The smallest absolute Gasteiger partial charge is 0.109 e. The first-order chi connectivity index (χ1) is 7.69. The second kappa shape index (κ2) is 4.78. The second-order valence-electron chi connectivity index (χ2n) is 3.57. The monoisotopic (exact) mass is 286 g/mol. The standard InChI is InChI=1S/C10H12BrFN4/c1-8-4-10(11)16(14-8)7-9-5-13-15(6-9)3-2-12/h4-6H,2-3,7H2,1H3. The van der Waals surface area contributed by atoms with Gasteiger partial charge in [-0.25, -0.2) is 4.39 Å². The third-order valence-electron chi connectivity index (χ3n) is 2.19. The van der Waals surface area contributed by atoms with Gasteiger partial charge in [-0.1, -0.05) is 0 Å². The van der Waals surface area contributed by atoms with Crippen molar-refractivity contribution in [2.24, 2.45) is 0 Å². The number of aryl methyl sites for hydroxylation is 2. The average Bonchev–Trinajstić information content (AvgIpc) is 2.76. The zero-order valence-electron chi connectivity index (χ0n) is 8.90. The van der Waals surface area contributed by atoms with Crippen LogP contribution in [0.15, 0.2) is 23.1 Å². The summed E-state index contributed by atoms with van der Waals surface area (Å²) in [5, 5.41) is 8.38. The highest BCUT2D eigenvalue weighted by molar-refractivity contribution is 9.10. The van der Waals surface area contributed by atoms with E-state index in [1.807, 2.05) is 23.9 Å². The van der Waals surface area contributed by atoms with Crippen LogP contribution in [0.4, 0.5) is 4.39 Å². The fourth-order valence-electron chi connectivity index (χ4n) is 1.49. The molecule has 0 aromatic carbocycles. The zero-order valence-corrected chi connectivity index (χ0v) is 10.5. The van der Waals surface area contributed by atoms with Crippen molar-refractivity contribution < 1.29 is 4.39 Å². The van der Waals surface area contributed by atoms with Gasteiger partial charge in [0.25, 0.3) is 0 Å². The predicted molar refractivity (Wildman–Crippen MR) is 62.0 cm³/mol. The van der Waals surface area contributed by atoms with Crippen LogP contribution in [0.2, 0.25) is 0 Å². The summed E-state index contributed by atoms with van der Waals surface area (Å²) in [6.07, 6.45) is 3.57. The van der Waals surface area contributed by atoms with Crippen LogP contribution in [0.5, 0.6) is 0 Å². The van der Waals surface area contributed by atoms with Crippen LogP contribution >= 0.6 is 15.9 Å². The molecule has 0 saturated heterocycles. The van der Waals surface area contributed by atoms with Gasteiger partial charge in [-0.3, -0.25) is 9.36 Å². The highest BCUT2D eigenvalue weighted by atomic mass is 79.9. The van der Waals surface area contributed by atoms with E-state index < -0.39 is 6.67 Å². The zero-order chi connectivity index (χ0) is 11.5. The molecular formula is C10H12BrFN4. The lowest BCUT2D eigenvalue weighted by atomic mass is 10.4. The van der Waals surface area contributed by atoms with Gasteiger partial charge in [0.15, 0.2) is 0 Å². The van der Waals surface area contributed by atoms with Gasteiger partial charge in [0.05, 0.1) is 25.0 Å². The molecule has 16 heavy (non-hydrogen) atoms. The molecular weight excluding hydrogens is 275 g/mol. The van der Waals surface area contributed by atoms with Crippen molar-refractivity contribution in [2.45, 2.75) is 20.0 Å². The first-order valence-electron chi connectivity index (χ1n) is 4.96. The SMILES string of the molecule is Cc1cc(Br)n(Cc2cnn(CCF)c2)n1. The molecule has 0 aliphatic heterocycles. The van der Waals surface area contributed by atoms with Crippen LogP contribution < -0.4 is 0 Å². The molecule has 0 radical (unpaired) electrons. The molecule has 0 unspecified atom stereocenters. The molecule has 0 amide bonds. The highest BCUT2D eigenvalue weighted by Crippen LogP contribution is 2.13. The largest absolute Gasteiger partial charge is 0.270 e. The first kappa shape index (κ1) is 11.3. The molecule has 0 atom stereocenters. The molecule has 0 saturated carbocycles. The van der Waals surface area contributed by atoms with Crippen LogP contribution in [0, 0.1) is 6.92 Å². The summed E-state index contributed by atoms with van der Waals surface area (Å²) >= 11 is 3.43. The minimum absolute atomic E-state index is 0.305. The third-order valence-corrected chi connectivity index (χ3v) is 2.82. The lowest BCUT2D eigenvalue weighted by Gasteiger charge is -1.99. The summed E-state index contributed by atoms with van der Waals surface area (Å²) in [6.45, 7) is 2.49. The van der Waals surface area contributed by atoms with E-state index in [2.05, 4.69) is 26.1 Å². The summed E-state index contributed by atoms with van der Waals surface area (Å²) in [5.74, 6) is 0. The van der Waals surface area contributed by atoms with E-state index in [9.17, 15) is 4.39 Å². The fraction of sp³-hybridized carbons (Fsp3) is 0.400. The van der Waals surface area contributed by atoms with Crippen LogP contribution in [0.25, 0.3) is 0 Å². The number of hydrogen-bond donors (Lipinski definition) is 0. The summed E-state index contributed by atoms with van der Waals surface area (Å²) in [7, 11) is 0. The third kappa shape index (κ3) is 2.49. The van der Waals surface area contributed by atoms with Gasteiger partial charge in [0, 0.05) is 11.8 Å². The van der Waals surface area contributed by atoms with Gasteiger partial charge in [-0.2, -0.15) is 10.2 Å². The van der Waals surface area contributed by atoms with E-state index in [-0.39, 0.29) is 0 Å². The molecule has 0 fully saturated rings. The number of halogens is 2. The molecule has 0 N–H and O–H groups in total. The Kier molecular flexibility index (Phi) is 3.38. The van der Waals surface area contributed by atoms with Crippen molar-refractivity contribution in [1.82, 2.24) is 19.6 Å². The second-order valence-corrected chi connectivity index (χ2v) is 4.38. The maximum atomic E-state index is 12.1. The Labute approximate surface area is 101 Å². The minimum atomic E-state index is -0.397. The maximum Gasteiger partial charge on any atom is 0.109 e.